The SMILES string of the molecule is C(/O/C1=C/OCCCCC1)=C1\CCCCCOC1. The van der Waals surface area contributed by atoms with E-state index in [2.05, 4.69) is 0 Å². The molecular formula is C15H24O3. The summed E-state index contributed by atoms with van der Waals surface area (Å²) >= 11 is 0. The van der Waals surface area contributed by atoms with E-state index >= 15 is 0 Å². The molecule has 2 aliphatic rings. The van der Waals surface area contributed by atoms with Gasteiger partial charge in [0.05, 0.1) is 19.5 Å². The topological polar surface area (TPSA) is 27.7 Å². The monoisotopic (exact) mass is 252 g/mol. The zero-order valence-corrected chi connectivity index (χ0v) is 11.2. The molecule has 0 saturated carbocycles. The molecule has 0 aliphatic carbocycles. The number of allylic oxidation sites excluding steroid dienone is 1. The van der Waals surface area contributed by atoms with E-state index in [4.69, 9.17) is 14.2 Å². The molecule has 2 aliphatic heterocycles. The summed E-state index contributed by atoms with van der Waals surface area (Å²) < 4.78 is 16.7. The van der Waals surface area contributed by atoms with Crippen molar-refractivity contribution in [2.45, 2.75) is 51.4 Å². The predicted octanol–water partition coefficient (Wildman–Crippen LogP) is 3.91. The first-order valence-electron chi connectivity index (χ1n) is 7.18. The van der Waals surface area contributed by atoms with Gasteiger partial charge in [0, 0.05) is 13.0 Å². The third-order valence-corrected chi connectivity index (χ3v) is 3.35. The normalized spacial score (nSPS) is 28.0. The maximum Gasteiger partial charge on any atom is 0.137 e. The van der Waals surface area contributed by atoms with Crippen molar-refractivity contribution in [2.24, 2.45) is 0 Å². The molecule has 3 nitrogen and oxygen atoms in total. The number of ether oxygens (including phenoxy) is 3. The fraction of sp³-hybridized carbons (Fsp3) is 0.733. The summed E-state index contributed by atoms with van der Waals surface area (Å²) in [6, 6.07) is 0. The van der Waals surface area contributed by atoms with Gasteiger partial charge in [-0.25, -0.2) is 0 Å². The summed E-state index contributed by atoms with van der Waals surface area (Å²) in [7, 11) is 0. The van der Waals surface area contributed by atoms with E-state index in [1.54, 1.807) is 6.26 Å². The molecule has 18 heavy (non-hydrogen) atoms. The van der Waals surface area contributed by atoms with Crippen LogP contribution in [0.15, 0.2) is 23.9 Å². The van der Waals surface area contributed by atoms with Crippen molar-refractivity contribution < 1.29 is 14.2 Å². The quantitative estimate of drug-likeness (QED) is 0.697. The number of hydrogen-bond donors (Lipinski definition) is 0. The molecular weight excluding hydrogens is 228 g/mol. The molecule has 0 spiro atoms. The van der Waals surface area contributed by atoms with Crippen molar-refractivity contribution in [1.29, 1.82) is 0 Å². The molecule has 1 saturated heterocycles. The lowest BCUT2D eigenvalue weighted by molar-refractivity contribution is 0.138. The molecule has 0 N–H and O–H groups in total. The first-order valence-corrected chi connectivity index (χ1v) is 7.18. The number of hydrogen-bond acceptors (Lipinski definition) is 3. The summed E-state index contributed by atoms with van der Waals surface area (Å²) in [4.78, 5) is 0. The summed E-state index contributed by atoms with van der Waals surface area (Å²) in [5.41, 5.74) is 1.26. The molecule has 0 radical (unpaired) electrons. The second-order valence-corrected chi connectivity index (χ2v) is 5.02. The molecule has 0 unspecified atom stereocenters. The Hall–Kier alpha value is -0.960. The minimum Gasteiger partial charge on any atom is -0.498 e. The van der Waals surface area contributed by atoms with Gasteiger partial charge in [-0.05, 0) is 44.1 Å². The average Bonchev–Trinajstić information content (AvgIpc) is 2.29. The van der Waals surface area contributed by atoms with Crippen molar-refractivity contribution in [2.75, 3.05) is 19.8 Å². The lowest BCUT2D eigenvalue weighted by atomic mass is 10.1. The Morgan fingerprint density at radius 3 is 2.72 bits per heavy atom. The van der Waals surface area contributed by atoms with Crippen LogP contribution in [0.3, 0.4) is 0 Å². The van der Waals surface area contributed by atoms with Gasteiger partial charge in [-0.2, -0.15) is 0 Å². The molecule has 102 valence electrons. The smallest absolute Gasteiger partial charge is 0.137 e. The average molecular weight is 252 g/mol. The van der Waals surface area contributed by atoms with Crippen molar-refractivity contribution in [1.82, 2.24) is 0 Å². The molecule has 0 aromatic heterocycles. The lowest BCUT2D eigenvalue weighted by Gasteiger charge is -2.15. The first-order chi connectivity index (χ1) is 8.95. The zero-order chi connectivity index (χ0) is 12.5. The minimum absolute atomic E-state index is 0.716. The zero-order valence-electron chi connectivity index (χ0n) is 11.2. The van der Waals surface area contributed by atoms with E-state index in [0.29, 0.717) is 6.61 Å². The van der Waals surface area contributed by atoms with Crippen LogP contribution >= 0.6 is 0 Å². The summed E-state index contributed by atoms with van der Waals surface area (Å²) in [6.45, 7) is 2.41. The maximum atomic E-state index is 5.75. The van der Waals surface area contributed by atoms with Crippen molar-refractivity contribution in [3.63, 3.8) is 0 Å². The fourth-order valence-corrected chi connectivity index (χ4v) is 2.22. The highest BCUT2D eigenvalue weighted by molar-refractivity contribution is 5.02. The van der Waals surface area contributed by atoms with Crippen LogP contribution in [0.1, 0.15) is 51.4 Å². The summed E-state index contributed by atoms with van der Waals surface area (Å²) in [6.07, 6.45) is 13.0. The van der Waals surface area contributed by atoms with Gasteiger partial charge in [0.15, 0.2) is 0 Å². The maximum absolute atomic E-state index is 5.75. The van der Waals surface area contributed by atoms with Crippen LogP contribution in [0.4, 0.5) is 0 Å². The molecule has 0 amide bonds. The molecule has 2 heterocycles. The highest BCUT2D eigenvalue weighted by Gasteiger charge is 2.06. The van der Waals surface area contributed by atoms with Crippen LogP contribution in [0.5, 0.6) is 0 Å². The van der Waals surface area contributed by atoms with Crippen LogP contribution < -0.4 is 0 Å². The molecule has 0 bridgehead atoms. The Morgan fingerprint density at radius 1 is 0.944 bits per heavy atom. The van der Waals surface area contributed by atoms with Crippen LogP contribution in [-0.2, 0) is 14.2 Å². The first kappa shape index (κ1) is 13.5. The molecule has 2 rings (SSSR count). The highest BCUT2D eigenvalue weighted by Crippen LogP contribution is 2.18. The Labute approximate surface area is 110 Å². The van der Waals surface area contributed by atoms with Crippen molar-refractivity contribution in [3.8, 4) is 0 Å². The van der Waals surface area contributed by atoms with Gasteiger partial charge in [-0.1, -0.05) is 6.42 Å². The Kier molecular flexibility index (Phi) is 6.13. The molecule has 0 aromatic rings. The van der Waals surface area contributed by atoms with Crippen LogP contribution in [0.2, 0.25) is 0 Å². The third kappa shape index (κ3) is 5.13. The van der Waals surface area contributed by atoms with Gasteiger partial charge in [-0.3, -0.25) is 0 Å². The number of rotatable bonds is 2. The van der Waals surface area contributed by atoms with Gasteiger partial charge < -0.3 is 14.2 Å². The summed E-state index contributed by atoms with van der Waals surface area (Å²) in [5, 5.41) is 0. The highest BCUT2D eigenvalue weighted by atomic mass is 16.5. The van der Waals surface area contributed by atoms with E-state index < -0.39 is 0 Å². The minimum atomic E-state index is 0.716. The molecule has 1 fully saturated rings. The third-order valence-electron chi connectivity index (χ3n) is 3.35. The van der Waals surface area contributed by atoms with Crippen LogP contribution in [-0.4, -0.2) is 19.8 Å². The second kappa shape index (κ2) is 8.20. The van der Waals surface area contributed by atoms with E-state index in [-0.39, 0.29) is 0 Å². The van der Waals surface area contributed by atoms with Crippen LogP contribution in [0, 0.1) is 0 Å². The summed E-state index contributed by atoms with van der Waals surface area (Å²) in [5.74, 6) is 0.948. The molecule has 0 atom stereocenters. The van der Waals surface area contributed by atoms with Gasteiger partial charge >= 0.3 is 0 Å². The van der Waals surface area contributed by atoms with E-state index in [0.717, 1.165) is 38.2 Å². The van der Waals surface area contributed by atoms with E-state index in [1.807, 2.05) is 6.26 Å². The van der Waals surface area contributed by atoms with E-state index in [9.17, 15) is 0 Å². The van der Waals surface area contributed by atoms with Gasteiger partial charge in [0.25, 0.3) is 0 Å². The van der Waals surface area contributed by atoms with Crippen LogP contribution in [0.25, 0.3) is 0 Å². The Morgan fingerprint density at radius 2 is 1.78 bits per heavy atom. The second-order valence-electron chi connectivity index (χ2n) is 5.02. The molecule has 0 aromatic carbocycles. The largest absolute Gasteiger partial charge is 0.498 e. The standard InChI is InChI=1S/C15H24O3/c1-3-7-14(11-16-9-5-1)12-18-15-8-4-2-6-10-17-13-15/h12-13H,1-11H2/b14-12-,15-13+. The predicted molar refractivity (Wildman–Crippen MR) is 71.0 cm³/mol. The lowest BCUT2D eigenvalue weighted by Crippen LogP contribution is -2.05. The van der Waals surface area contributed by atoms with Gasteiger partial charge in [0.1, 0.15) is 12.0 Å². The Bertz CT molecular complexity index is 284. The van der Waals surface area contributed by atoms with Crippen molar-refractivity contribution in [3.05, 3.63) is 23.9 Å². The Balaban J connectivity index is 1.82. The van der Waals surface area contributed by atoms with Crippen molar-refractivity contribution >= 4 is 0 Å². The van der Waals surface area contributed by atoms with E-state index in [1.165, 1.54) is 37.7 Å². The molecule has 3 heteroatoms. The fourth-order valence-electron chi connectivity index (χ4n) is 2.22. The van der Waals surface area contributed by atoms with Gasteiger partial charge in [-0.15, -0.1) is 0 Å². The van der Waals surface area contributed by atoms with Gasteiger partial charge in [0.2, 0.25) is 0 Å².